The molecule has 0 radical (unpaired) electrons. The van der Waals surface area contributed by atoms with Crippen LogP contribution in [0.25, 0.3) is 0 Å². The van der Waals surface area contributed by atoms with E-state index >= 15 is 0 Å². The zero-order chi connectivity index (χ0) is 22.1. The van der Waals surface area contributed by atoms with Crippen LogP contribution < -0.4 is 9.80 Å². The zero-order valence-electron chi connectivity index (χ0n) is 16.6. The summed E-state index contributed by atoms with van der Waals surface area (Å²) in [6, 6.07) is 19.3. The molecule has 5 nitrogen and oxygen atoms in total. The highest BCUT2D eigenvalue weighted by Gasteiger charge is 2.43. The van der Waals surface area contributed by atoms with Gasteiger partial charge in [0.2, 0.25) is 0 Å². The van der Waals surface area contributed by atoms with Gasteiger partial charge in [0.25, 0.3) is 17.7 Å². The van der Waals surface area contributed by atoms with E-state index < -0.39 is 17.9 Å². The Kier molecular flexibility index (Phi) is 5.81. The van der Waals surface area contributed by atoms with E-state index in [4.69, 9.17) is 23.2 Å². The molecule has 3 aromatic carbocycles. The van der Waals surface area contributed by atoms with Crippen LogP contribution in [0.2, 0.25) is 10.0 Å². The van der Waals surface area contributed by atoms with Gasteiger partial charge in [0.05, 0.1) is 21.4 Å². The molecule has 31 heavy (non-hydrogen) atoms. The number of amides is 3. The molecule has 3 aromatic rings. The van der Waals surface area contributed by atoms with Crippen LogP contribution in [0, 0.1) is 0 Å². The number of imide groups is 1. The van der Waals surface area contributed by atoms with Crippen molar-refractivity contribution in [1.29, 1.82) is 0 Å². The van der Waals surface area contributed by atoms with Gasteiger partial charge in [0, 0.05) is 11.1 Å². The monoisotopic (exact) mass is 452 g/mol. The van der Waals surface area contributed by atoms with Crippen LogP contribution >= 0.6 is 23.2 Å². The van der Waals surface area contributed by atoms with E-state index in [1.54, 1.807) is 67.6 Å². The van der Waals surface area contributed by atoms with Gasteiger partial charge in [-0.25, -0.2) is 4.90 Å². The molecule has 0 aliphatic carbocycles. The molecule has 3 amide bonds. The number of halogens is 2. The Balaban J connectivity index is 1.91. The number of fused-ring (bicyclic) bond motifs is 1. The Bertz CT molecular complexity index is 1170. The van der Waals surface area contributed by atoms with Crippen LogP contribution in [0.3, 0.4) is 0 Å². The number of hydrogen-bond donors (Lipinski definition) is 0. The van der Waals surface area contributed by atoms with Gasteiger partial charge in [-0.1, -0.05) is 66.5 Å². The molecular weight excluding hydrogens is 435 g/mol. The maximum Gasteiger partial charge on any atom is 0.265 e. The largest absolute Gasteiger partial charge is 0.294 e. The highest BCUT2D eigenvalue weighted by Crippen LogP contribution is 2.43. The van der Waals surface area contributed by atoms with Crippen molar-refractivity contribution in [2.24, 2.45) is 0 Å². The van der Waals surface area contributed by atoms with Gasteiger partial charge >= 0.3 is 0 Å². The van der Waals surface area contributed by atoms with Crippen LogP contribution in [-0.2, 0) is 4.79 Å². The summed E-state index contributed by atoms with van der Waals surface area (Å²) in [6.07, 6.45) is 0.315. The Morgan fingerprint density at radius 2 is 1.29 bits per heavy atom. The molecule has 1 atom stereocenters. The van der Waals surface area contributed by atoms with Crippen LogP contribution in [0.4, 0.5) is 11.4 Å². The van der Waals surface area contributed by atoms with Crippen molar-refractivity contribution >= 4 is 52.3 Å². The molecule has 7 heteroatoms. The first-order valence-electron chi connectivity index (χ1n) is 9.75. The molecule has 0 N–H and O–H groups in total. The van der Waals surface area contributed by atoms with Crippen molar-refractivity contribution in [3.8, 4) is 0 Å². The van der Waals surface area contributed by atoms with Crippen molar-refractivity contribution in [3.05, 3.63) is 94.0 Å². The summed E-state index contributed by atoms with van der Waals surface area (Å²) in [5.74, 6) is -1.34. The number of carbonyl (C=O) groups excluding carboxylic acids is 3. The number of carbonyl (C=O) groups is 3. The fourth-order valence-electron chi connectivity index (χ4n) is 3.69. The fraction of sp³-hybridized carbons (Fsp3) is 0.125. The highest BCUT2D eigenvalue weighted by atomic mass is 35.5. The average Bonchev–Trinajstić information content (AvgIpc) is 2.80. The summed E-state index contributed by atoms with van der Waals surface area (Å²) in [7, 11) is 0. The Morgan fingerprint density at radius 1 is 0.806 bits per heavy atom. The van der Waals surface area contributed by atoms with Gasteiger partial charge in [-0.3, -0.25) is 19.3 Å². The summed E-state index contributed by atoms with van der Waals surface area (Å²) in [6.45, 7) is 1.79. The van der Waals surface area contributed by atoms with Crippen LogP contribution in [-0.4, -0.2) is 23.8 Å². The summed E-state index contributed by atoms with van der Waals surface area (Å²) in [5, 5.41) is 0.406. The average molecular weight is 453 g/mol. The molecule has 0 spiro atoms. The van der Waals surface area contributed by atoms with Crippen molar-refractivity contribution < 1.29 is 14.4 Å². The second-order valence-electron chi connectivity index (χ2n) is 7.07. The molecule has 156 valence electrons. The molecule has 1 aliphatic heterocycles. The lowest BCUT2D eigenvalue weighted by Crippen LogP contribution is -2.57. The molecule has 0 saturated heterocycles. The van der Waals surface area contributed by atoms with Gasteiger partial charge in [0.1, 0.15) is 6.04 Å². The maximum atomic E-state index is 13.5. The first-order chi connectivity index (χ1) is 14.9. The van der Waals surface area contributed by atoms with E-state index in [9.17, 15) is 14.4 Å². The first-order valence-corrected chi connectivity index (χ1v) is 10.5. The molecule has 0 fully saturated rings. The molecule has 0 unspecified atom stereocenters. The van der Waals surface area contributed by atoms with Crippen molar-refractivity contribution in [2.45, 2.75) is 19.4 Å². The number of benzene rings is 3. The van der Waals surface area contributed by atoms with Gasteiger partial charge < -0.3 is 0 Å². The topological polar surface area (TPSA) is 57.7 Å². The summed E-state index contributed by atoms with van der Waals surface area (Å²) >= 11 is 12.5. The van der Waals surface area contributed by atoms with Crippen molar-refractivity contribution in [1.82, 2.24) is 0 Å². The Morgan fingerprint density at radius 3 is 1.81 bits per heavy atom. The normalized spacial score (nSPS) is 15.6. The van der Waals surface area contributed by atoms with E-state index in [0.717, 1.165) is 4.90 Å². The molecular formula is C24H18Cl2N2O3. The van der Waals surface area contributed by atoms with Crippen LogP contribution in [0.1, 0.15) is 34.1 Å². The molecule has 0 aromatic heterocycles. The molecule has 0 bridgehead atoms. The lowest BCUT2D eigenvalue weighted by atomic mass is 10.0. The van der Waals surface area contributed by atoms with E-state index in [0.29, 0.717) is 23.2 Å². The van der Waals surface area contributed by atoms with E-state index in [-0.39, 0.29) is 21.6 Å². The van der Waals surface area contributed by atoms with E-state index in [1.807, 2.05) is 0 Å². The number of hydrogen-bond acceptors (Lipinski definition) is 3. The van der Waals surface area contributed by atoms with Gasteiger partial charge in [-0.15, -0.1) is 0 Å². The third-order valence-electron chi connectivity index (χ3n) is 5.19. The quantitative estimate of drug-likeness (QED) is 0.485. The maximum absolute atomic E-state index is 13.5. The minimum absolute atomic E-state index is 0.182. The van der Waals surface area contributed by atoms with E-state index in [1.165, 1.54) is 17.0 Å². The fourth-order valence-corrected chi connectivity index (χ4v) is 4.01. The molecule has 1 aliphatic rings. The second kappa shape index (κ2) is 8.53. The third-order valence-corrected chi connectivity index (χ3v) is 5.91. The standard InChI is InChI=1S/C24H18Cl2N2O3/c1-2-19-24(31)28(23(30)16-11-7-4-8-12-16)21-14-18(26)17(25)13-20(21)27(19)22(29)15-9-5-3-6-10-15/h3-14,19H,2H2,1H3/t19-/m1/s1. The summed E-state index contributed by atoms with van der Waals surface area (Å²) in [4.78, 5) is 42.7. The number of rotatable bonds is 3. The zero-order valence-corrected chi connectivity index (χ0v) is 18.1. The van der Waals surface area contributed by atoms with Gasteiger partial charge in [0.15, 0.2) is 0 Å². The second-order valence-corrected chi connectivity index (χ2v) is 7.88. The smallest absolute Gasteiger partial charge is 0.265 e. The Labute approximate surface area is 189 Å². The summed E-state index contributed by atoms with van der Waals surface area (Å²) < 4.78 is 0. The van der Waals surface area contributed by atoms with Gasteiger partial charge in [-0.2, -0.15) is 0 Å². The van der Waals surface area contributed by atoms with Crippen molar-refractivity contribution in [2.75, 3.05) is 9.80 Å². The molecule has 0 saturated carbocycles. The van der Waals surface area contributed by atoms with Crippen molar-refractivity contribution in [3.63, 3.8) is 0 Å². The Hall–Kier alpha value is -3.15. The highest BCUT2D eigenvalue weighted by molar-refractivity contribution is 6.43. The van der Waals surface area contributed by atoms with E-state index in [2.05, 4.69) is 0 Å². The van der Waals surface area contributed by atoms with Crippen LogP contribution in [0.5, 0.6) is 0 Å². The minimum atomic E-state index is -0.870. The predicted molar refractivity (Wildman–Crippen MR) is 122 cm³/mol. The number of nitrogens with zero attached hydrogens (tertiary/aromatic N) is 2. The SMILES string of the molecule is CC[C@@H]1C(=O)N(C(=O)c2ccccc2)c2cc(Cl)c(Cl)cc2N1C(=O)c1ccccc1. The van der Waals surface area contributed by atoms with Crippen LogP contribution in [0.15, 0.2) is 72.8 Å². The lowest BCUT2D eigenvalue weighted by molar-refractivity contribution is -0.119. The number of anilines is 2. The summed E-state index contributed by atoms with van der Waals surface area (Å²) in [5.41, 5.74) is 1.36. The predicted octanol–water partition coefficient (Wildman–Crippen LogP) is 5.61. The minimum Gasteiger partial charge on any atom is -0.294 e. The lowest BCUT2D eigenvalue weighted by Gasteiger charge is -2.40. The molecule has 1 heterocycles. The van der Waals surface area contributed by atoms with Gasteiger partial charge in [-0.05, 0) is 42.8 Å². The first kappa shape index (κ1) is 21.1. The third kappa shape index (κ3) is 3.71. The molecule has 4 rings (SSSR count).